The molecule has 1 aliphatic heterocycles. The summed E-state index contributed by atoms with van der Waals surface area (Å²) in [5, 5.41) is 0. The van der Waals surface area contributed by atoms with Crippen LogP contribution in [0.1, 0.15) is 38.8 Å². The van der Waals surface area contributed by atoms with Crippen molar-refractivity contribution in [3.05, 3.63) is 29.3 Å². The molecule has 2 N–H and O–H groups in total. The van der Waals surface area contributed by atoms with Gasteiger partial charge in [-0.3, -0.25) is 0 Å². The lowest BCUT2D eigenvalue weighted by atomic mass is 10.0. The molecule has 0 aromatic heterocycles. The lowest BCUT2D eigenvalue weighted by Gasteiger charge is -2.28. The summed E-state index contributed by atoms with van der Waals surface area (Å²) in [7, 11) is 0. The molecule has 0 aliphatic carbocycles. The van der Waals surface area contributed by atoms with E-state index in [2.05, 4.69) is 35.9 Å². The first-order chi connectivity index (χ1) is 10.1. The minimum Gasteiger partial charge on any atom is -0.383 e. The number of rotatable bonds is 7. The van der Waals surface area contributed by atoms with Gasteiger partial charge in [0.15, 0.2) is 0 Å². The zero-order valence-corrected chi connectivity index (χ0v) is 13.3. The van der Waals surface area contributed by atoms with Gasteiger partial charge in [0.05, 0.1) is 0 Å². The summed E-state index contributed by atoms with van der Waals surface area (Å²) < 4.78 is 11.6. The van der Waals surface area contributed by atoms with Crippen molar-refractivity contribution in [2.45, 2.75) is 33.6 Å². The molecule has 0 fully saturated rings. The van der Waals surface area contributed by atoms with Gasteiger partial charge >= 0.3 is 5.91 Å². The van der Waals surface area contributed by atoms with Crippen LogP contribution < -0.4 is 10.6 Å². The zero-order chi connectivity index (χ0) is 15.5. The number of nitrogens with two attached hydrogens (primary N) is 1. The van der Waals surface area contributed by atoms with Crippen LogP contribution in [-0.2, 0) is 15.4 Å². The van der Waals surface area contributed by atoms with Crippen LogP contribution in [-0.4, -0.2) is 32.1 Å². The van der Waals surface area contributed by atoms with Crippen LogP contribution in [0.4, 0.5) is 5.69 Å². The number of amidine groups is 1. The summed E-state index contributed by atoms with van der Waals surface area (Å²) in [5.41, 5.74) is 8.97. The first-order valence-corrected chi connectivity index (χ1v) is 7.64. The first kappa shape index (κ1) is 15.8. The van der Waals surface area contributed by atoms with Gasteiger partial charge in [-0.05, 0) is 45.9 Å². The molecular formula is C16H25N3O2. The number of benzene rings is 1. The van der Waals surface area contributed by atoms with Crippen LogP contribution in [0.15, 0.2) is 23.2 Å². The minimum absolute atomic E-state index is 0.470. The number of fused-ring (bicyclic) bond motifs is 1. The van der Waals surface area contributed by atoms with Gasteiger partial charge in [-0.15, -0.1) is 0 Å². The SMILES string of the molecule is CCOC1(OCC)N=C(N)c2ccc(N(CC)CC)cc21. The van der Waals surface area contributed by atoms with Gasteiger partial charge in [-0.2, -0.15) is 0 Å². The van der Waals surface area contributed by atoms with Crippen molar-refractivity contribution in [3.8, 4) is 0 Å². The van der Waals surface area contributed by atoms with Crippen molar-refractivity contribution >= 4 is 11.5 Å². The lowest BCUT2D eigenvalue weighted by molar-refractivity contribution is -0.234. The Kier molecular flexibility index (Phi) is 4.85. The molecule has 0 atom stereocenters. The molecule has 0 unspecified atom stereocenters. The molecule has 1 heterocycles. The van der Waals surface area contributed by atoms with E-state index < -0.39 is 5.91 Å². The molecule has 116 valence electrons. The average Bonchev–Trinajstić information content (AvgIpc) is 2.74. The number of nitrogens with zero attached hydrogens (tertiary/aromatic N) is 2. The Balaban J connectivity index is 2.50. The Morgan fingerprint density at radius 3 is 2.24 bits per heavy atom. The number of hydrogen-bond donors (Lipinski definition) is 1. The summed E-state index contributed by atoms with van der Waals surface area (Å²) in [6, 6.07) is 6.15. The Labute approximate surface area is 126 Å². The number of hydrogen-bond acceptors (Lipinski definition) is 5. The van der Waals surface area contributed by atoms with E-state index in [4.69, 9.17) is 15.2 Å². The smallest absolute Gasteiger partial charge is 0.300 e. The van der Waals surface area contributed by atoms with Gasteiger partial charge in [0.2, 0.25) is 0 Å². The molecule has 2 rings (SSSR count). The van der Waals surface area contributed by atoms with E-state index in [1.165, 1.54) is 0 Å². The second kappa shape index (κ2) is 6.45. The topological polar surface area (TPSA) is 60.1 Å². The molecule has 0 amide bonds. The van der Waals surface area contributed by atoms with E-state index in [0.29, 0.717) is 19.0 Å². The molecule has 0 bridgehead atoms. The predicted molar refractivity (Wildman–Crippen MR) is 85.7 cm³/mol. The molecular weight excluding hydrogens is 266 g/mol. The van der Waals surface area contributed by atoms with Crippen molar-refractivity contribution in [1.29, 1.82) is 0 Å². The summed E-state index contributed by atoms with van der Waals surface area (Å²) in [6.45, 7) is 11.0. The molecule has 1 aliphatic rings. The average molecular weight is 291 g/mol. The maximum atomic E-state index is 6.05. The summed E-state index contributed by atoms with van der Waals surface area (Å²) in [5.74, 6) is -0.621. The molecule has 0 radical (unpaired) electrons. The van der Waals surface area contributed by atoms with E-state index in [1.807, 2.05) is 19.9 Å². The maximum Gasteiger partial charge on any atom is 0.300 e. The molecule has 0 saturated carbocycles. The van der Waals surface area contributed by atoms with E-state index in [1.54, 1.807) is 0 Å². The molecule has 1 aromatic rings. The molecule has 1 aromatic carbocycles. The highest BCUT2D eigenvalue weighted by Crippen LogP contribution is 2.39. The third-order valence-electron chi connectivity index (χ3n) is 3.70. The minimum atomic E-state index is -1.09. The van der Waals surface area contributed by atoms with Gasteiger partial charge in [0, 0.05) is 43.1 Å². The maximum absolute atomic E-state index is 6.05. The van der Waals surface area contributed by atoms with Gasteiger partial charge in [0.25, 0.3) is 0 Å². The highest BCUT2D eigenvalue weighted by atomic mass is 16.7. The first-order valence-electron chi connectivity index (χ1n) is 7.64. The Hall–Kier alpha value is -1.59. The van der Waals surface area contributed by atoms with Crippen LogP contribution in [0.3, 0.4) is 0 Å². The summed E-state index contributed by atoms with van der Waals surface area (Å²) in [4.78, 5) is 6.73. The number of anilines is 1. The number of aliphatic imine (C=N–C) groups is 1. The van der Waals surface area contributed by atoms with Crippen molar-refractivity contribution < 1.29 is 9.47 Å². The van der Waals surface area contributed by atoms with Gasteiger partial charge in [-0.1, -0.05) is 0 Å². The Morgan fingerprint density at radius 2 is 1.71 bits per heavy atom. The highest BCUT2D eigenvalue weighted by molar-refractivity contribution is 6.02. The van der Waals surface area contributed by atoms with E-state index in [-0.39, 0.29) is 0 Å². The van der Waals surface area contributed by atoms with Crippen LogP contribution in [0, 0.1) is 0 Å². The Bertz CT molecular complexity index is 518. The molecule has 5 nitrogen and oxygen atoms in total. The summed E-state index contributed by atoms with van der Waals surface area (Å²) >= 11 is 0. The fraction of sp³-hybridized carbons (Fsp3) is 0.562. The molecule has 21 heavy (non-hydrogen) atoms. The molecule has 0 spiro atoms. The van der Waals surface area contributed by atoms with Crippen molar-refractivity contribution in [2.24, 2.45) is 10.7 Å². The van der Waals surface area contributed by atoms with Crippen molar-refractivity contribution in [1.82, 2.24) is 0 Å². The fourth-order valence-electron chi connectivity index (χ4n) is 2.73. The second-order valence-electron chi connectivity index (χ2n) is 4.85. The Morgan fingerprint density at radius 1 is 1.10 bits per heavy atom. The van der Waals surface area contributed by atoms with E-state index in [0.717, 1.165) is 29.9 Å². The quantitative estimate of drug-likeness (QED) is 0.784. The monoisotopic (exact) mass is 291 g/mol. The second-order valence-corrected chi connectivity index (χ2v) is 4.85. The largest absolute Gasteiger partial charge is 0.383 e. The fourth-order valence-corrected chi connectivity index (χ4v) is 2.73. The third kappa shape index (κ3) is 2.76. The third-order valence-corrected chi connectivity index (χ3v) is 3.70. The van der Waals surface area contributed by atoms with Crippen molar-refractivity contribution in [3.63, 3.8) is 0 Å². The normalized spacial score (nSPS) is 15.7. The van der Waals surface area contributed by atoms with Crippen LogP contribution in [0.5, 0.6) is 0 Å². The van der Waals surface area contributed by atoms with E-state index in [9.17, 15) is 0 Å². The summed E-state index contributed by atoms with van der Waals surface area (Å²) in [6.07, 6.45) is 0. The van der Waals surface area contributed by atoms with Gasteiger partial charge in [-0.25, -0.2) is 4.99 Å². The van der Waals surface area contributed by atoms with Crippen molar-refractivity contribution in [2.75, 3.05) is 31.2 Å². The highest BCUT2D eigenvalue weighted by Gasteiger charge is 2.42. The number of ether oxygens (including phenoxy) is 2. The zero-order valence-electron chi connectivity index (χ0n) is 13.3. The molecule has 0 saturated heterocycles. The molecule has 5 heteroatoms. The lowest BCUT2D eigenvalue weighted by Crippen LogP contribution is -2.30. The van der Waals surface area contributed by atoms with E-state index >= 15 is 0 Å². The van der Waals surface area contributed by atoms with Crippen LogP contribution in [0.2, 0.25) is 0 Å². The van der Waals surface area contributed by atoms with Gasteiger partial charge < -0.3 is 20.1 Å². The van der Waals surface area contributed by atoms with Crippen LogP contribution in [0.25, 0.3) is 0 Å². The standard InChI is InChI=1S/C16H25N3O2/c1-5-19(6-2)12-9-10-13-14(11-12)16(20-7-3,21-8-4)18-15(13)17/h9-11H,5-8H2,1-4H3,(H2,17,18). The van der Waals surface area contributed by atoms with Crippen LogP contribution >= 0.6 is 0 Å². The van der Waals surface area contributed by atoms with Gasteiger partial charge in [0.1, 0.15) is 5.84 Å². The predicted octanol–water partition coefficient (Wildman–Crippen LogP) is 2.44.